The van der Waals surface area contributed by atoms with Crippen LogP contribution in [-0.4, -0.2) is 43.0 Å². The van der Waals surface area contributed by atoms with Crippen LogP contribution in [0.25, 0.3) is 0 Å². The average Bonchev–Trinajstić information content (AvgIpc) is 2.89. The Bertz CT molecular complexity index is 498. The molecule has 0 unspecified atom stereocenters. The average molecular weight is 310 g/mol. The van der Waals surface area contributed by atoms with Crippen LogP contribution in [0, 0.1) is 5.41 Å². The van der Waals surface area contributed by atoms with E-state index in [2.05, 4.69) is 18.8 Å². The van der Waals surface area contributed by atoms with Crippen molar-refractivity contribution in [2.24, 2.45) is 5.41 Å². The monoisotopic (exact) mass is 310 g/mol. The van der Waals surface area contributed by atoms with Crippen LogP contribution >= 0.6 is 11.3 Å². The van der Waals surface area contributed by atoms with E-state index in [0.29, 0.717) is 16.1 Å². The van der Waals surface area contributed by atoms with Crippen LogP contribution in [0.4, 0.5) is 10.9 Å². The molecule has 1 fully saturated rings. The topological polar surface area (TPSA) is 62.5 Å². The van der Waals surface area contributed by atoms with Gasteiger partial charge in [-0.05, 0) is 18.3 Å². The Labute approximate surface area is 131 Å². The van der Waals surface area contributed by atoms with Crippen molar-refractivity contribution in [2.75, 3.05) is 37.8 Å². The zero-order valence-corrected chi connectivity index (χ0v) is 14.3. The highest BCUT2D eigenvalue weighted by molar-refractivity contribution is 7.18. The number of nitrogen functional groups attached to an aromatic ring is 1. The van der Waals surface area contributed by atoms with E-state index in [1.807, 2.05) is 23.9 Å². The maximum absolute atomic E-state index is 12.6. The van der Waals surface area contributed by atoms with Crippen LogP contribution in [0.1, 0.15) is 49.2 Å². The van der Waals surface area contributed by atoms with Crippen molar-refractivity contribution in [3.05, 3.63) is 4.88 Å². The lowest BCUT2D eigenvalue weighted by atomic mass is 9.74. The molecule has 2 N–H and O–H groups in total. The predicted octanol–water partition coefficient (Wildman–Crippen LogP) is 2.83. The molecule has 0 saturated carbocycles. The Hall–Kier alpha value is -1.30. The first-order chi connectivity index (χ1) is 9.92. The van der Waals surface area contributed by atoms with Gasteiger partial charge in [0.25, 0.3) is 5.91 Å². The van der Waals surface area contributed by atoms with Crippen LogP contribution < -0.4 is 10.6 Å². The standard InChI is InChI=1S/C15H26N4OS/c1-5-15(6-2)7-9-19(10-8-15)13(20)11-12(16)17-14(21-11)18(3)4/h5-10,16H2,1-4H3. The number of anilines is 2. The molecule has 5 nitrogen and oxygen atoms in total. The minimum Gasteiger partial charge on any atom is -0.382 e. The summed E-state index contributed by atoms with van der Waals surface area (Å²) in [5.41, 5.74) is 6.34. The second-order valence-electron chi connectivity index (χ2n) is 6.10. The van der Waals surface area contributed by atoms with Crippen LogP contribution in [0.2, 0.25) is 0 Å². The molecule has 0 atom stereocenters. The smallest absolute Gasteiger partial charge is 0.267 e. The quantitative estimate of drug-likeness (QED) is 0.929. The second-order valence-corrected chi connectivity index (χ2v) is 7.08. The van der Waals surface area contributed by atoms with Gasteiger partial charge >= 0.3 is 0 Å². The van der Waals surface area contributed by atoms with Gasteiger partial charge in [0.15, 0.2) is 5.13 Å². The number of nitrogens with two attached hydrogens (primary N) is 1. The Morgan fingerprint density at radius 1 is 1.33 bits per heavy atom. The zero-order valence-electron chi connectivity index (χ0n) is 13.5. The van der Waals surface area contributed by atoms with Crippen LogP contribution in [0.15, 0.2) is 0 Å². The molecular formula is C15H26N4OS. The van der Waals surface area contributed by atoms with Gasteiger partial charge in [0, 0.05) is 27.2 Å². The summed E-state index contributed by atoms with van der Waals surface area (Å²) in [6.07, 6.45) is 4.56. The number of aromatic nitrogens is 1. The molecule has 0 aliphatic carbocycles. The minimum atomic E-state index is 0.0407. The number of nitrogens with zero attached hydrogens (tertiary/aromatic N) is 3. The predicted molar refractivity (Wildman–Crippen MR) is 89.0 cm³/mol. The second kappa shape index (κ2) is 6.22. The maximum Gasteiger partial charge on any atom is 0.267 e. The largest absolute Gasteiger partial charge is 0.382 e. The van der Waals surface area contributed by atoms with Gasteiger partial charge in [0.05, 0.1) is 0 Å². The van der Waals surface area contributed by atoms with E-state index in [9.17, 15) is 4.79 Å². The fourth-order valence-electron chi connectivity index (χ4n) is 2.95. The summed E-state index contributed by atoms with van der Waals surface area (Å²) in [5, 5.41) is 0.782. The number of likely N-dealkylation sites (tertiary alicyclic amines) is 1. The Morgan fingerprint density at radius 3 is 2.33 bits per heavy atom. The Balaban J connectivity index is 2.09. The number of piperidine rings is 1. The molecular weight excluding hydrogens is 284 g/mol. The maximum atomic E-state index is 12.6. The number of thiazole rings is 1. The van der Waals surface area contributed by atoms with Crippen LogP contribution in [0.5, 0.6) is 0 Å². The molecule has 6 heteroatoms. The number of hydrogen-bond acceptors (Lipinski definition) is 5. The summed E-state index contributed by atoms with van der Waals surface area (Å²) in [5.74, 6) is 0.399. The molecule has 1 aliphatic rings. The van der Waals surface area contributed by atoms with Gasteiger partial charge in [-0.15, -0.1) is 0 Å². The van der Waals surface area contributed by atoms with Crippen molar-refractivity contribution in [1.29, 1.82) is 0 Å². The van der Waals surface area contributed by atoms with Crippen molar-refractivity contribution in [2.45, 2.75) is 39.5 Å². The van der Waals surface area contributed by atoms with Gasteiger partial charge < -0.3 is 15.5 Å². The van der Waals surface area contributed by atoms with Crippen molar-refractivity contribution in [3.8, 4) is 0 Å². The lowest BCUT2D eigenvalue weighted by Gasteiger charge is -2.40. The molecule has 2 rings (SSSR count). The van der Waals surface area contributed by atoms with E-state index in [4.69, 9.17) is 5.73 Å². The first-order valence-corrected chi connectivity index (χ1v) is 8.47. The van der Waals surface area contributed by atoms with Crippen molar-refractivity contribution >= 4 is 28.2 Å². The molecule has 1 amide bonds. The fraction of sp³-hybridized carbons (Fsp3) is 0.733. The summed E-state index contributed by atoms with van der Waals surface area (Å²) in [6.45, 7) is 6.17. The van der Waals surface area contributed by atoms with E-state index < -0.39 is 0 Å². The number of carbonyl (C=O) groups excluding carboxylic acids is 1. The van der Waals surface area contributed by atoms with Gasteiger partial charge in [-0.25, -0.2) is 4.98 Å². The molecule has 0 aromatic carbocycles. The summed E-state index contributed by atoms with van der Waals surface area (Å²) in [7, 11) is 3.81. The SMILES string of the molecule is CCC1(CC)CCN(C(=O)c2sc(N(C)C)nc2N)CC1. The zero-order chi connectivity index (χ0) is 15.6. The highest BCUT2D eigenvalue weighted by Crippen LogP contribution is 2.39. The van der Waals surface area contributed by atoms with Crippen molar-refractivity contribution in [1.82, 2.24) is 9.88 Å². The fourth-order valence-corrected chi connectivity index (χ4v) is 3.83. The van der Waals surface area contributed by atoms with Gasteiger partial charge in [-0.2, -0.15) is 0 Å². The van der Waals surface area contributed by atoms with E-state index in [1.165, 1.54) is 24.2 Å². The normalized spacial score (nSPS) is 17.8. The highest BCUT2D eigenvalue weighted by Gasteiger charge is 2.34. The molecule has 1 aromatic rings. The first kappa shape index (κ1) is 16.1. The molecule has 21 heavy (non-hydrogen) atoms. The molecule has 1 aliphatic heterocycles. The first-order valence-electron chi connectivity index (χ1n) is 7.65. The van der Waals surface area contributed by atoms with Gasteiger partial charge in [-0.1, -0.05) is 38.0 Å². The number of hydrogen-bond donors (Lipinski definition) is 1. The summed E-state index contributed by atoms with van der Waals surface area (Å²) < 4.78 is 0. The van der Waals surface area contributed by atoms with Gasteiger partial charge in [0.2, 0.25) is 0 Å². The minimum absolute atomic E-state index is 0.0407. The molecule has 2 heterocycles. The molecule has 0 spiro atoms. The van der Waals surface area contributed by atoms with Crippen LogP contribution in [0.3, 0.4) is 0 Å². The van der Waals surface area contributed by atoms with E-state index in [1.54, 1.807) is 0 Å². The van der Waals surface area contributed by atoms with Crippen molar-refractivity contribution < 1.29 is 4.79 Å². The third-order valence-corrected chi connectivity index (χ3v) is 6.06. The number of carbonyl (C=O) groups is 1. The van der Waals surface area contributed by atoms with E-state index in [-0.39, 0.29) is 5.91 Å². The van der Waals surface area contributed by atoms with Crippen molar-refractivity contribution in [3.63, 3.8) is 0 Å². The Kier molecular flexibility index (Phi) is 4.76. The Morgan fingerprint density at radius 2 is 1.90 bits per heavy atom. The van der Waals surface area contributed by atoms with E-state index in [0.717, 1.165) is 31.1 Å². The number of amides is 1. The molecule has 118 valence electrons. The molecule has 0 bridgehead atoms. The summed E-state index contributed by atoms with van der Waals surface area (Å²) >= 11 is 1.38. The molecule has 1 saturated heterocycles. The third kappa shape index (κ3) is 3.15. The lowest BCUT2D eigenvalue weighted by molar-refractivity contribution is 0.0563. The third-order valence-electron chi connectivity index (χ3n) is 4.83. The summed E-state index contributed by atoms with van der Waals surface area (Å²) in [4.78, 5) is 21.3. The van der Waals surface area contributed by atoms with E-state index >= 15 is 0 Å². The van der Waals surface area contributed by atoms with Crippen LogP contribution in [-0.2, 0) is 0 Å². The summed E-state index contributed by atoms with van der Waals surface area (Å²) in [6, 6.07) is 0. The lowest BCUT2D eigenvalue weighted by Crippen LogP contribution is -2.42. The molecule has 0 radical (unpaired) electrons. The number of rotatable bonds is 4. The van der Waals surface area contributed by atoms with Gasteiger partial charge in [0.1, 0.15) is 10.7 Å². The van der Waals surface area contributed by atoms with Gasteiger partial charge in [-0.3, -0.25) is 4.79 Å². The highest BCUT2D eigenvalue weighted by atomic mass is 32.1. The molecule has 1 aromatic heterocycles.